The van der Waals surface area contributed by atoms with Crippen LogP contribution in [0.2, 0.25) is 0 Å². The molecule has 0 atom stereocenters. The van der Waals surface area contributed by atoms with Crippen LogP contribution in [0.5, 0.6) is 0 Å². The first-order valence-electron chi connectivity index (χ1n) is 5.58. The first-order chi connectivity index (χ1) is 8.82. The van der Waals surface area contributed by atoms with Crippen LogP contribution in [0.25, 0.3) is 0 Å². The van der Waals surface area contributed by atoms with Crippen LogP contribution in [0.15, 0.2) is 16.5 Å². The molecule has 2 aromatic rings. The van der Waals surface area contributed by atoms with Gasteiger partial charge in [-0.15, -0.1) is 0 Å². The zero-order valence-electron chi connectivity index (χ0n) is 10.6. The van der Waals surface area contributed by atoms with Crippen molar-refractivity contribution in [2.24, 2.45) is 0 Å². The number of aryl methyl sites for hydroxylation is 2. The molecule has 0 N–H and O–H groups in total. The van der Waals surface area contributed by atoms with Gasteiger partial charge in [-0.25, -0.2) is 13.2 Å². The minimum atomic E-state index is -1.22. The summed E-state index contributed by atoms with van der Waals surface area (Å²) in [7, 11) is 0. The first kappa shape index (κ1) is 13.4. The Kier molecular flexibility index (Phi) is 3.22. The fourth-order valence-electron chi connectivity index (χ4n) is 2.01. The number of rotatable bonds is 2. The Morgan fingerprint density at radius 2 is 1.47 bits per heavy atom. The smallest absolute Gasteiger partial charge is 0.202 e. The Labute approximate surface area is 107 Å². The topological polar surface area (TPSA) is 30.2 Å². The fourth-order valence-corrected chi connectivity index (χ4v) is 2.01. The third-order valence-electron chi connectivity index (χ3n) is 3.02. The van der Waals surface area contributed by atoms with Gasteiger partial charge in [0.2, 0.25) is 5.78 Å². The van der Waals surface area contributed by atoms with Crippen molar-refractivity contribution in [1.29, 1.82) is 0 Å². The number of hydrogen-bond acceptors (Lipinski definition) is 2. The lowest BCUT2D eigenvalue weighted by Gasteiger charge is -2.05. The molecule has 1 heterocycles. The SMILES string of the molecule is Cc1oc(C)c(C(=O)c2c(F)cc(F)cc2F)c1C. The van der Waals surface area contributed by atoms with E-state index in [1.54, 1.807) is 13.8 Å². The van der Waals surface area contributed by atoms with Crippen molar-refractivity contribution in [2.75, 3.05) is 0 Å². The molecule has 0 bridgehead atoms. The summed E-state index contributed by atoms with van der Waals surface area (Å²) in [5, 5.41) is 0. The van der Waals surface area contributed by atoms with E-state index in [1.165, 1.54) is 6.92 Å². The van der Waals surface area contributed by atoms with Gasteiger partial charge in [0.05, 0.1) is 11.1 Å². The molecule has 1 aromatic carbocycles. The molecule has 0 spiro atoms. The molecule has 0 amide bonds. The molecule has 2 nitrogen and oxygen atoms in total. The monoisotopic (exact) mass is 268 g/mol. The maximum absolute atomic E-state index is 13.6. The third-order valence-corrected chi connectivity index (χ3v) is 3.02. The van der Waals surface area contributed by atoms with Crippen LogP contribution in [0.3, 0.4) is 0 Å². The molecule has 0 aliphatic rings. The Hall–Kier alpha value is -2.04. The van der Waals surface area contributed by atoms with Gasteiger partial charge in [-0.2, -0.15) is 0 Å². The average Bonchev–Trinajstić information content (AvgIpc) is 2.51. The van der Waals surface area contributed by atoms with Crippen LogP contribution in [-0.2, 0) is 0 Å². The third kappa shape index (κ3) is 2.16. The summed E-state index contributed by atoms with van der Waals surface area (Å²) in [4.78, 5) is 12.2. The van der Waals surface area contributed by atoms with E-state index in [2.05, 4.69) is 0 Å². The van der Waals surface area contributed by atoms with Crippen LogP contribution in [0.4, 0.5) is 13.2 Å². The minimum Gasteiger partial charge on any atom is -0.466 e. The maximum atomic E-state index is 13.6. The van der Waals surface area contributed by atoms with E-state index in [-0.39, 0.29) is 11.3 Å². The normalized spacial score (nSPS) is 10.8. The highest BCUT2D eigenvalue weighted by atomic mass is 19.1. The van der Waals surface area contributed by atoms with E-state index in [0.717, 1.165) is 0 Å². The summed E-state index contributed by atoms with van der Waals surface area (Å²) in [6, 6.07) is 0.960. The van der Waals surface area contributed by atoms with Gasteiger partial charge < -0.3 is 4.42 Å². The van der Waals surface area contributed by atoms with Crippen molar-refractivity contribution in [2.45, 2.75) is 20.8 Å². The van der Waals surface area contributed by atoms with E-state index in [9.17, 15) is 18.0 Å². The number of halogens is 3. The summed E-state index contributed by atoms with van der Waals surface area (Å²) < 4.78 is 45.3. The highest BCUT2D eigenvalue weighted by Gasteiger charge is 2.26. The maximum Gasteiger partial charge on any atom is 0.202 e. The second-order valence-corrected chi connectivity index (χ2v) is 4.29. The zero-order chi connectivity index (χ0) is 14.3. The number of carbonyl (C=O) groups is 1. The number of hydrogen-bond donors (Lipinski definition) is 0. The Bertz CT molecular complexity index is 649. The van der Waals surface area contributed by atoms with Gasteiger partial charge in [0.15, 0.2) is 0 Å². The molecular formula is C14H11F3O2. The molecule has 0 fully saturated rings. The number of ketones is 1. The van der Waals surface area contributed by atoms with Crippen LogP contribution >= 0.6 is 0 Å². The molecule has 1 aromatic heterocycles. The van der Waals surface area contributed by atoms with Crippen molar-refractivity contribution in [1.82, 2.24) is 0 Å². The predicted molar refractivity (Wildman–Crippen MR) is 62.7 cm³/mol. The van der Waals surface area contributed by atoms with Gasteiger partial charge in [-0.1, -0.05) is 0 Å². The molecule has 0 saturated heterocycles. The van der Waals surface area contributed by atoms with Gasteiger partial charge >= 0.3 is 0 Å². The second kappa shape index (κ2) is 4.57. The minimum absolute atomic E-state index is 0.113. The van der Waals surface area contributed by atoms with E-state index in [0.29, 0.717) is 23.5 Å². The lowest BCUT2D eigenvalue weighted by molar-refractivity contribution is 0.102. The summed E-state index contributed by atoms with van der Waals surface area (Å²) in [6.07, 6.45) is 0. The standard InChI is InChI=1S/C14H11F3O2/c1-6-7(2)19-8(3)12(6)14(18)13-10(16)4-9(15)5-11(13)17/h4-5H,1-3H3. The van der Waals surface area contributed by atoms with E-state index < -0.39 is 28.8 Å². The number of furan rings is 1. The van der Waals surface area contributed by atoms with Gasteiger partial charge in [0.1, 0.15) is 29.0 Å². The summed E-state index contributed by atoms with van der Waals surface area (Å²) in [5.41, 5.74) is -0.138. The summed E-state index contributed by atoms with van der Waals surface area (Å²) in [6.45, 7) is 4.81. The zero-order valence-corrected chi connectivity index (χ0v) is 10.6. The highest BCUT2D eigenvalue weighted by molar-refractivity contribution is 6.11. The Morgan fingerprint density at radius 3 is 1.89 bits per heavy atom. The van der Waals surface area contributed by atoms with Crippen molar-refractivity contribution in [3.05, 3.63) is 57.8 Å². The second-order valence-electron chi connectivity index (χ2n) is 4.29. The van der Waals surface area contributed by atoms with Crippen molar-refractivity contribution < 1.29 is 22.4 Å². The number of carbonyl (C=O) groups excluding carboxylic acids is 1. The molecule has 5 heteroatoms. The lowest BCUT2D eigenvalue weighted by Crippen LogP contribution is -2.10. The summed E-state index contributed by atoms with van der Waals surface area (Å²) >= 11 is 0. The average molecular weight is 268 g/mol. The molecule has 0 aliphatic heterocycles. The molecule has 0 unspecified atom stereocenters. The molecular weight excluding hydrogens is 257 g/mol. The van der Waals surface area contributed by atoms with Gasteiger partial charge in [-0.05, 0) is 20.8 Å². The van der Waals surface area contributed by atoms with Gasteiger partial charge in [-0.3, -0.25) is 4.79 Å². The van der Waals surface area contributed by atoms with E-state index in [1.807, 2.05) is 0 Å². The van der Waals surface area contributed by atoms with Gasteiger partial charge in [0.25, 0.3) is 0 Å². The van der Waals surface area contributed by atoms with Gasteiger partial charge in [0, 0.05) is 17.7 Å². The molecule has 0 radical (unpaired) electrons. The predicted octanol–water partition coefficient (Wildman–Crippen LogP) is 3.85. The molecule has 2 rings (SSSR count). The summed E-state index contributed by atoms with van der Waals surface area (Å²) in [5.74, 6) is -3.57. The van der Waals surface area contributed by atoms with Crippen LogP contribution in [-0.4, -0.2) is 5.78 Å². The Balaban J connectivity index is 2.63. The molecule has 0 aliphatic carbocycles. The van der Waals surface area contributed by atoms with Crippen molar-refractivity contribution in [3.8, 4) is 0 Å². The Morgan fingerprint density at radius 1 is 0.947 bits per heavy atom. The van der Waals surface area contributed by atoms with Crippen molar-refractivity contribution in [3.63, 3.8) is 0 Å². The van der Waals surface area contributed by atoms with E-state index >= 15 is 0 Å². The van der Waals surface area contributed by atoms with Crippen molar-refractivity contribution >= 4 is 5.78 Å². The van der Waals surface area contributed by atoms with Crippen LogP contribution < -0.4 is 0 Å². The van der Waals surface area contributed by atoms with Crippen LogP contribution in [0.1, 0.15) is 33.0 Å². The molecule has 0 saturated carbocycles. The first-order valence-corrected chi connectivity index (χ1v) is 5.58. The fraction of sp³-hybridized carbons (Fsp3) is 0.214. The molecule has 100 valence electrons. The number of benzene rings is 1. The largest absolute Gasteiger partial charge is 0.466 e. The van der Waals surface area contributed by atoms with E-state index in [4.69, 9.17) is 4.42 Å². The van der Waals surface area contributed by atoms with Crippen LogP contribution in [0, 0.1) is 38.2 Å². The quantitative estimate of drug-likeness (QED) is 0.774. The highest BCUT2D eigenvalue weighted by Crippen LogP contribution is 2.26. The molecule has 19 heavy (non-hydrogen) atoms. The lowest BCUT2D eigenvalue weighted by atomic mass is 9.99.